The summed E-state index contributed by atoms with van der Waals surface area (Å²) in [6.45, 7) is 5.14. The highest BCUT2D eigenvalue weighted by Gasteiger charge is 2.23. The van der Waals surface area contributed by atoms with Gasteiger partial charge in [0.05, 0.1) is 26.2 Å². The molecule has 1 aliphatic carbocycles. The van der Waals surface area contributed by atoms with Crippen molar-refractivity contribution in [1.82, 2.24) is 0 Å². The van der Waals surface area contributed by atoms with Crippen LogP contribution in [-0.2, 0) is 12.8 Å². The maximum absolute atomic E-state index is 10.4. The number of aryl methyl sites for hydroxylation is 2. The highest BCUT2D eigenvalue weighted by atomic mass is 35.5. The van der Waals surface area contributed by atoms with Crippen molar-refractivity contribution in [3.63, 3.8) is 0 Å². The SMILES string of the molecule is O[C@H](COc1ccc2c(c1)CCC2)C[NH+]1CCN(c2ccc(Cl)cc2)CC1. The molecule has 4 rings (SSSR count). The molecule has 1 aliphatic heterocycles. The van der Waals surface area contributed by atoms with Crippen LogP contribution in [0, 0.1) is 0 Å². The van der Waals surface area contributed by atoms with Gasteiger partial charge in [0.25, 0.3) is 0 Å². The lowest BCUT2D eigenvalue weighted by Gasteiger charge is -2.34. The summed E-state index contributed by atoms with van der Waals surface area (Å²) in [5.74, 6) is 0.886. The van der Waals surface area contributed by atoms with E-state index in [-0.39, 0.29) is 0 Å². The van der Waals surface area contributed by atoms with Crippen molar-refractivity contribution in [3.05, 3.63) is 58.6 Å². The zero-order chi connectivity index (χ0) is 18.6. The number of aliphatic hydroxyl groups is 1. The predicted molar refractivity (Wildman–Crippen MR) is 109 cm³/mol. The third-order valence-corrected chi connectivity index (χ3v) is 5.95. The van der Waals surface area contributed by atoms with E-state index in [9.17, 15) is 5.11 Å². The molecule has 2 aliphatic rings. The van der Waals surface area contributed by atoms with E-state index in [4.69, 9.17) is 16.3 Å². The Bertz CT molecular complexity index is 757. The average molecular weight is 388 g/mol. The first-order valence-corrected chi connectivity index (χ1v) is 10.3. The lowest BCUT2D eigenvalue weighted by Crippen LogP contribution is -3.16. The number of nitrogens with one attached hydrogen (secondary N) is 1. The number of benzene rings is 2. The van der Waals surface area contributed by atoms with E-state index < -0.39 is 6.10 Å². The van der Waals surface area contributed by atoms with Crippen molar-refractivity contribution >= 4 is 17.3 Å². The number of nitrogens with zero attached hydrogens (tertiary/aromatic N) is 1. The number of hydrogen-bond acceptors (Lipinski definition) is 3. The monoisotopic (exact) mass is 387 g/mol. The minimum absolute atomic E-state index is 0.364. The largest absolute Gasteiger partial charge is 0.491 e. The third-order valence-electron chi connectivity index (χ3n) is 5.70. The summed E-state index contributed by atoms with van der Waals surface area (Å²) in [5.41, 5.74) is 4.08. The first-order chi connectivity index (χ1) is 13.2. The summed E-state index contributed by atoms with van der Waals surface area (Å²) < 4.78 is 5.85. The number of rotatable bonds is 6. The van der Waals surface area contributed by atoms with Crippen LogP contribution in [0.15, 0.2) is 42.5 Å². The second-order valence-corrected chi connectivity index (χ2v) is 8.10. The van der Waals surface area contributed by atoms with Gasteiger partial charge in [-0.05, 0) is 66.8 Å². The minimum Gasteiger partial charge on any atom is -0.491 e. The molecule has 0 spiro atoms. The molecule has 1 saturated heterocycles. The summed E-state index contributed by atoms with van der Waals surface area (Å²) >= 11 is 5.97. The molecule has 0 aromatic heterocycles. The van der Waals surface area contributed by atoms with E-state index in [0.717, 1.165) is 49.9 Å². The first-order valence-electron chi connectivity index (χ1n) is 9.94. The van der Waals surface area contributed by atoms with Crippen LogP contribution in [0.5, 0.6) is 5.75 Å². The summed E-state index contributed by atoms with van der Waals surface area (Å²) in [6, 6.07) is 14.4. The number of anilines is 1. The molecular weight excluding hydrogens is 360 g/mol. The van der Waals surface area contributed by atoms with Crippen molar-refractivity contribution in [3.8, 4) is 5.75 Å². The predicted octanol–water partition coefficient (Wildman–Crippen LogP) is 1.97. The molecule has 1 fully saturated rings. The number of fused-ring (bicyclic) bond motifs is 1. The van der Waals surface area contributed by atoms with Crippen LogP contribution in [0.4, 0.5) is 5.69 Å². The zero-order valence-corrected chi connectivity index (χ0v) is 16.4. The van der Waals surface area contributed by atoms with Gasteiger partial charge in [-0.25, -0.2) is 0 Å². The van der Waals surface area contributed by atoms with E-state index >= 15 is 0 Å². The van der Waals surface area contributed by atoms with Crippen molar-refractivity contribution in [2.75, 3.05) is 44.2 Å². The fourth-order valence-electron chi connectivity index (χ4n) is 4.16. The summed E-state index contributed by atoms with van der Waals surface area (Å²) in [5, 5.41) is 11.2. The molecule has 1 atom stereocenters. The van der Waals surface area contributed by atoms with Gasteiger partial charge >= 0.3 is 0 Å². The second-order valence-electron chi connectivity index (χ2n) is 7.67. The maximum Gasteiger partial charge on any atom is 0.137 e. The Morgan fingerprint density at radius 1 is 1.04 bits per heavy atom. The Morgan fingerprint density at radius 2 is 1.78 bits per heavy atom. The number of halogens is 1. The molecule has 0 amide bonds. The van der Waals surface area contributed by atoms with E-state index in [1.807, 2.05) is 18.2 Å². The van der Waals surface area contributed by atoms with Gasteiger partial charge in [-0.3, -0.25) is 0 Å². The zero-order valence-electron chi connectivity index (χ0n) is 15.7. The van der Waals surface area contributed by atoms with Crippen LogP contribution in [-0.4, -0.2) is 50.5 Å². The third kappa shape index (κ3) is 4.75. The Morgan fingerprint density at radius 3 is 2.56 bits per heavy atom. The minimum atomic E-state index is -0.435. The van der Waals surface area contributed by atoms with Crippen LogP contribution in [0.1, 0.15) is 17.5 Å². The van der Waals surface area contributed by atoms with E-state index in [0.29, 0.717) is 6.61 Å². The molecule has 0 bridgehead atoms. The Hall–Kier alpha value is -1.75. The lowest BCUT2D eigenvalue weighted by molar-refractivity contribution is -0.903. The van der Waals surface area contributed by atoms with Crippen LogP contribution >= 0.6 is 11.6 Å². The highest BCUT2D eigenvalue weighted by Crippen LogP contribution is 2.26. The summed E-state index contributed by atoms with van der Waals surface area (Å²) in [6.07, 6.45) is 3.14. The van der Waals surface area contributed by atoms with E-state index in [1.165, 1.54) is 34.6 Å². The Labute approximate surface area is 166 Å². The normalized spacial score (nSPS) is 18.4. The molecular formula is C22H28ClN2O2+. The van der Waals surface area contributed by atoms with Gasteiger partial charge in [0, 0.05) is 10.7 Å². The van der Waals surface area contributed by atoms with E-state index in [1.54, 1.807) is 0 Å². The molecule has 144 valence electrons. The molecule has 2 aromatic carbocycles. The number of quaternary nitrogens is 1. The summed E-state index contributed by atoms with van der Waals surface area (Å²) in [7, 11) is 0. The van der Waals surface area contributed by atoms with Gasteiger partial charge in [0.15, 0.2) is 0 Å². The quantitative estimate of drug-likeness (QED) is 0.795. The number of piperazine rings is 1. The van der Waals surface area contributed by atoms with Crippen molar-refractivity contribution in [2.45, 2.75) is 25.4 Å². The van der Waals surface area contributed by atoms with Crippen LogP contribution in [0.25, 0.3) is 0 Å². The van der Waals surface area contributed by atoms with Crippen LogP contribution in [0.2, 0.25) is 5.02 Å². The lowest BCUT2D eigenvalue weighted by atomic mass is 10.1. The fraction of sp³-hybridized carbons (Fsp3) is 0.455. The fourth-order valence-corrected chi connectivity index (χ4v) is 4.29. The van der Waals surface area contributed by atoms with Gasteiger partial charge in [-0.2, -0.15) is 0 Å². The smallest absolute Gasteiger partial charge is 0.137 e. The Balaban J connectivity index is 1.21. The molecule has 0 unspecified atom stereocenters. The van der Waals surface area contributed by atoms with Crippen LogP contribution < -0.4 is 14.5 Å². The highest BCUT2D eigenvalue weighted by molar-refractivity contribution is 6.30. The molecule has 4 nitrogen and oxygen atoms in total. The number of ether oxygens (including phenoxy) is 1. The van der Waals surface area contributed by atoms with E-state index in [2.05, 4.69) is 29.2 Å². The standard InChI is InChI=1S/C22H27ClN2O2/c23-19-5-7-20(8-6-19)25-12-10-24(11-13-25)15-21(26)16-27-22-9-4-17-2-1-3-18(17)14-22/h4-9,14,21,26H,1-3,10-13,15-16H2/p+1/t21-/m0/s1. The van der Waals surface area contributed by atoms with Crippen molar-refractivity contribution in [2.24, 2.45) is 0 Å². The topological polar surface area (TPSA) is 37.1 Å². The molecule has 2 N–H and O–H groups in total. The Kier molecular flexibility index (Phi) is 5.86. The average Bonchev–Trinajstić information content (AvgIpc) is 3.15. The van der Waals surface area contributed by atoms with Gasteiger partial charge in [-0.15, -0.1) is 0 Å². The van der Waals surface area contributed by atoms with Crippen molar-refractivity contribution < 1.29 is 14.7 Å². The van der Waals surface area contributed by atoms with Gasteiger partial charge in [0.2, 0.25) is 0 Å². The molecule has 0 radical (unpaired) electrons. The van der Waals surface area contributed by atoms with Crippen molar-refractivity contribution in [1.29, 1.82) is 0 Å². The summed E-state index contributed by atoms with van der Waals surface area (Å²) in [4.78, 5) is 3.82. The second kappa shape index (κ2) is 8.51. The molecule has 5 heteroatoms. The molecule has 27 heavy (non-hydrogen) atoms. The molecule has 0 saturated carbocycles. The number of hydrogen-bond donors (Lipinski definition) is 2. The van der Waals surface area contributed by atoms with Gasteiger partial charge in [-0.1, -0.05) is 17.7 Å². The molecule has 1 heterocycles. The number of aliphatic hydroxyl groups excluding tert-OH is 1. The maximum atomic E-state index is 10.4. The molecule has 2 aromatic rings. The van der Waals surface area contributed by atoms with Gasteiger partial charge < -0.3 is 19.6 Å². The van der Waals surface area contributed by atoms with Gasteiger partial charge in [0.1, 0.15) is 25.0 Å². The van der Waals surface area contributed by atoms with Crippen LogP contribution in [0.3, 0.4) is 0 Å². The first kappa shape index (κ1) is 18.6.